The topological polar surface area (TPSA) is 85.5 Å². The van der Waals surface area contributed by atoms with E-state index in [-0.39, 0.29) is 46.0 Å². The third-order valence-electron chi connectivity index (χ3n) is 9.83. The van der Waals surface area contributed by atoms with Gasteiger partial charge in [-0.2, -0.15) is 0 Å². The summed E-state index contributed by atoms with van der Waals surface area (Å²) in [6, 6.07) is 1.32. The minimum absolute atomic E-state index is 0.00224. The van der Waals surface area contributed by atoms with Crippen LogP contribution in [-0.2, 0) is 14.3 Å². The van der Waals surface area contributed by atoms with Gasteiger partial charge in [0.25, 0.3) is 0 Å². The molecule has 6 heteroatoms. The number of pyridine rings is 1. The lowest BCUT2D eigenvalue weighted by atomic mass is 9.44. The van der Waals surface area contributed by atoms with E-state index in [1.54, 1.807) is 13.2 Å². The zero-order valence-electron chi connectivity index (χ0n) is 20.5. The molecule has 1 heterocycles. The molecular weight excluding hydrogens is 418 g/mol. The number of carbonyl (C=O) groups is 2. The number of rotatable bonds is 4. The van der Waals surface area contributed by atoms with E-state index in [0.717, 1.165) is 25.7 Å². The Morgan fingerprint density at radius 3 is 2.55 bits per heavy atom. The van der Waals surface area contributed by atoms with Crippen LogP contribution in [0.5, 0.6) is 0 Å². The minimum Gasteiger partial charge on any atom is -0.458 e. The number of carbonyl (C=O) groups excluding carboxylic acids is 2. The van der Waals surface area contributed by atoms with E-state index in [2.05, 4.69) is 32.3 Å². The predicted molar refractivity (Wildman–Crippen MR) is 126 cm³/mol. The molecule has 180 valence electrons. The van der Waals surface area contributed by atoms with Crippen molar-refractivity contribution < 1.29 is 19.1 Å². The Kier molecular flexibility index (Phi) is 5.97. The molecule has 1 aromatic rings. The first-order chi connectivity index (χ1) is 15.5. The van der Waals surface area contributed by atoms with Crippen LogP contribution in [0, 0.1) is 34.0 Å². The highest BCUT2D eigenvalue weighted by Crippen LogP contribution is 2.68. The van der Waals surface area contributed by atoms with Crippen molar-refractivity contribution in [2.45, 2.75) is 72.0 Å². The van der Waals surface area contributed by atoms with E-state index >= 15 is 0 Å². The number of nitrogens with one attached hydrogen (secondary N) is 1. The first-order valence-electron chi connectivity index (χ1n) is 12.1. The Bertz CT molecular complexity index is 1020. The molecule has 3 aliphatic carbocycles. The summed E-state index contributed by atoms with van der Waals surface area (Å²) >= 11 is 0. The van der Waals surface area contributed by atoms with Crippen LogP contribution in [0.15, 0.2) is 35.9 Å². The van der Waals surface area contributed by atoms with Crippen molar-refractivity contribution in [3.63, 3.8) is 0 Å². The predicted octanol–water partition coefficient (Wildman–Crippen LogP) is 4.55. The van der Waals surface area contributed by atoms with Gasteiger partial charge in [-0.1, -0.05) is 26.8 Å². The van der Waals surface area contributed by atoms with Crippen molar-refractivity contribution in [2.75, 3.05) is 7.11 Å². The normalized spacial score (nSPS) is 42.7. The smallest absolute Gasteiger partial charge is 0.343 e. The lowest BCUT2D eigenvalue weighted by Crippen LogP contribution is -2.63. The summed E-state index contributed by atoms with van der Waals surface area (Å²) in [4.78, 5) is 42.3. The first kappa shape index (κ1) is 23.9. The molecule has 3 fully saturated rings. The molecule has 2 bridgehead atoms. The van der Waals surface area contributed by atoms with Gasteiger partial charge in [-0.25, -0.2) is 4.79 Å². The molecule has 33 heavy (non-hydrogen) atoms. The number of hydrogen-bond donors (Lipinski definition) is 1. The summed E-state index contributed by atoms with van der Waals surface area (Å²) in [7, 11) is 1.75. The van der Waals surface area contributed by atoms with Gasteiger partial charge in [0.2, 0.25) is 0 Å². The number of ketones is 1. The molecule has 0 spiro atoms. The van der Waals surface area contributed by atoms with E-state index in [4.69, 9.17) is 9.47 Å². The number of Topliss-reactive ketones (excluding diaryl/α,β-unsaturated/α-hetero) is 1. The van der Waals surface area contributed by atoms with Gasteiger partial charge in [-0.3, -0.25) is 9.59 Å². The average Bonchev–Trinajstić information content (AvgIpc) is 3.20. The summed E-state index contributed by atoms with van der Waals surface area (Å²) in [6.45, 7) is 12.4. The van der Waals surface area contributed by atoms with Crippen molar-refractivity contribution >= 4 is 11.8 Å². The van der Waals surface area contributed by atoms with Crippen molar-refractivity contribution in [3.05, 3.63) is 46.9 Å². The monoisotopic (exact) mass is 455 g/mol. The third kappa shape index (κ3) is 3.36. The highest BCUT2D eigenvalue weighted by Gasteiger charge is 2.68. The Labute approximate surface area is 196 Å². The second kappa shape index (κ2) is 8.23. The second-order valence-corrected chi connectivity index (χ2v) is 11.1. The lowest BCUT2D eigenvalue weighted by molar-refractivity contribution is -0.189. The van der Waals surface area contributed by atoms with E-state index in [0.29, 0.717) is 6.42 Å². The minimum atomic E-state index is -0.824. The van der Waals surface area contributed by atoms with Crippen LogP contribution in [0.25, 0.3) is 0 Å². The molecule has 0 aliphatic heterocycles. The van der Waals surface area contributed by atoms with E-state index in [1.807, 2.05) is 6.92 Å². The fourth-order valence-electron chi connectivity index (χ4n) is 7.56. The van der Waals surface area contributed by atoms with Gasteiger partial charge in [-0.05, 0) is 43.9 Å². The van der Waals surface area contributed by atoms with Crippen molar-refractivity contribution in [3.8, 4) is 0 Å². The number of hydrogen-bond acceptors (Lipinski definition) is 5. The maximum absolute atomic E-state index is 13.9. The summed E-state index contributed by atoms with van der Waals surface area (Å²) in [5.74, 6) is -0.280. The van der Waals surface area contributed by atoms with E-state index < -0.39 is 22.9 Å². The fraction of sp³-hybridized carbons (Fsp3) is 0.667. The lowest BCUT2D eigenvalue weighted by Gasteiger charge is -2.61. The standard InChI is InChI=1S/C27H37NO5/c1-7-25(4)14-21(33-24(31)18-15-28-13-10-19(18)29)26(5)16(2)8-11-27(17(3)23(25)30)12-9-20(32-6)22(26)27/h7,10,13,15-17,20-22H,1,8-9,11-12,14H2,2-6H3,(H,28,29)/t16-,17+,20?,21-,22?,25-,26+,27?/m1/s1. The number of allylic oxidation sites excluding steroid dienone is 1. The number of ether oxygens (including phenoxy) is 2. The van der Waals surface area contributed by atoms with Crippen LogP contribution in [0.4, 0.5) is 0 Å². The maximum Gasteiger partial charge on any atom is 0.343 e. The number of aromatic amines is 1. The summed E-state index contributed by atoms with van der Waals surface area (Å²) in [6.07, 6.45) is 8.15. The number of H-pyrrole nitrogens is 1. The van der Waals surface area contributed by atoms with Crippen molar-refractivity contribution in [1.29, 1.82) is 0 Å². The molecule has 1 N–H and O–H groups in total. The quantitative estimate of drug-likeness (QED) is 0.532. The molecule has 1 aromatic heterocycles. The van der Waals surface area contributed by atoms with Crippen LogP contribution in [0.1, 0.15) is 70.2 Å². The fourth-order valence-corrected chi connectivity index (χ4v) is 7.56. The molecule has 0 amide bonds. The molecule has 4 rings (SSSR count). The Hall–Kier alpha value is -2.21. The summed E-state index contributed by atoms with van der Waals surface area (Å²) < 4.78 is 12.2. The molecule has 0 radical (unpaired) electrons. The molecule has 0 saturated heterocycles. The zero-order valence-corrected chi connectivity index (χ0v) is 20.5. The molecule has 3 aliphatic rings. The molecule has 0 aromatic carbocycles. The summed E-state index contributed by atoms with van der Waals surface area (Å²) in [5, 5.41) is 0. The number of aromatic nitrogens is 1. The highest BCUT2D eigenvalue weighted by molar-refractivity contribution is 5.90. The summed E-state index contributed by atoms with van der Waals surface area (Å²) in [5.41, 5.74) is -1.83. The van der Waals surface area contributed by atoms with E-state index in [1.165, 1.54) is 18.5 Å². The van der Waals surface area contributed by atoms with E-state index in [9.17, 15) is 14.4 Å². The average molecular weight is 456 g/mol. The number of esters is 1. The van der Waals surface area contributed by atoms with Crippen molar-refractivity contribution in [1.82, 2.24) is 4.98 Å². The Balaban J connectivity index is 1.88. The van der Waals surface area contributed by atoms with Gasteiger partial charge in [0, 0.05) is 54.7 Å². The van der Waals surface area contributed by atoms with Gasteiger partial charge in [-0.15, -0.1) is 6.58 Å². The van der Waals surface area contributed by atoms with Gasteiger partial charge >= 0.3 is 5.97 Å². The van der Waals surface area contributed by atoms with Crippen LogP contribution in [0.3, 0.4) is 0 Å². The first-order valence-corrected chi connectivity index (χ1v) is 12.1. The van der Waals surface area contributed by atoms with Crippen LogP contribution < -0.4 is 5.43 Å². The molecule has 3 unspecified atom stereocenters. The van der Waals surface area contributed by atoms with Gasteiger partial charge < -0.3 is 14.5 Å². The SMILES string of the molecule is C=C[C@]1(C)C[C@@H](OC(=O)c2c[nH]ccc2=O)[C@@]2(C)C3C(OC)CCC3(CC[C@H]2C)[C@@H](C)C1=O. The Morgan fingerprint density at radius 2 is 1.91 bits per heavy atom. The van der Waals surface area contributed by atoms with Crippen molar-refractivity contribution in [2.24, 2.45) is 34.0 Å². The number of methoxy groups -OCH3 is 1. The van der Waals surface area contributed by atoms with Crippen LogP contribution >= 0.6 is 0 Å². The van der Waals surface area contributed by atoms with Gasteiger partial charge in [0.1, 0.15) is 17.5 Å². The molecular formula is C27H37NO5. The molecule has 6 nitrogen and oxygen atoms in total. The third-order valence-corrected chi connectivity index (χ3v) is 9.83. The van der Waals surface area contributed by atoms with Crippen LogP contribution in [-0.4, -0.2) is 36.1 Å². The highest BCUT2D eigenvalue weighted by atomic mass is 16.5. The van der Waals surface area contributed by atoms with Gasteiger partial charge in [0.05, 0.1) is 6.10 Å². The maximum atomic E-state index is 13.9. The largest absolute Gasteiger partial charge is 0.458 e. The Morgan fingerprint density at radius 1 is 1.21 bits per heavy atom. The molecule has 3 saturated carbocycles. The zero-order chi connectivity index (χ0) is 24.2. The van der Waals surface area contributed by atoms with Gasteiger partial charge in [0.15, 0.2) is 5.43 Å². The molecule has 8 atom stereocenters. The second-order valence-electron chi connectivity index (χ2n) is 11.1. The van der Waals surface area contributed by atoms with Crippen LogP contribution in [0.2, 0.25) is 0 Å².